The molecule has 1 aromatic carbocycles. The fraction of sp³-hybridized carbons (Fsp3) is 0.273. The molecular formula is C11H14Cl2N4O2. The van der Waals surface area contributed by atoms with E-state index in [0.29, 0.717) is 12.4 Å². The van der Waals surface area contributed by atoms with Gasteiger partial charge in [-0.15, -0.1) is 0 Å². The van der Waals surface area contributed by atoms with E-state index in [1.807, 2.05) is 6.92 Å². The quantitative estimate of drug-likeness (QED) is 0.592. The number of ether oxygens (including phenoxy) is 1. The van der Waals surface area contributed by atoms with Crippen LogP contribution in [0.25, 0.3) is 0 Å². The first kappa shape index (κ1) is 15.4. The zero-order valence-electron chi connectivity index (χ0n) is 10.5. The summed E-state index contributed by atoms with van der Waals surface area (Å²) in [5.74, 6) is 0.508. The van der Waals surface area contributed by atoms with E-state index in [2.05, 4.69) is 15.6 Å². The number of aliphatic imine (C=N–C) groups is 1. The summed E-state index contributed by atoms with van der Waals surface area (Å²) in [5.41, 5.74) is 5.63. The molecule has 0 radical (unpaired) electrons. The summed E-state index contributed by atoms with van der Waals surface area (Å²) in [5, 5.41) is 5.31. The molecule has 0 atom stereocenters. The first-order chi connectivity index (χ1) is 8.97. The van der Waals surface area contributed by atoms with Crippen LogP contribution < -0.4 is 21.1 Å². The largest absolute Gasteiger partial charge is 0.494 e. The Morgan fingerprint density at radius 2 is 2.00 bits per heavy atom. The van der Waals surface area contributed by atoms with E-state index in [-0.39, 0.29) is 21.7 Å². The van der Waals surface area contributed by atoms with Crippen molar-refractivity contribution in [2.24, 2.45) is 10.7 Å². The summed E-state index contributed by atoms with van der Waals surface area (Å²) in [4.78, 5) is 15.2. The second-order valence-electron chi connectivity index (χ2n) is 3.38. The van der Waals surface area contributed by atoms with Crippen LogP contribution in [0.2, 0.25) is 10.0 Å². The molecule has 0 aliphatic heterocycles. The van der Waals surface area contributed by atoms with Crippen molar-refractivity contribution in [3.8, 4) is 5.75 Å². The van der Waals surface area contributed by atoms with Gasteiger partial charge in [-0.05, 0) is 6.92 Å². The van der Waals surface area contributed by atoms with Gasteiger partial charge in [0.05, 0.1) is 22.3 Å². The molecule has 0 aliphatic rings. The van der Waals surface area contributed by atoms with Gasteiger partial charge in [-0.25, -0.2) is 4.79 Å². The van der Waals surface area contributed by atoms with Gasteiger partial charge in [-0.1, -0.05) is 23.2 Å². The molecule has 0 aliphatic carbocycles. The number of hydrogen-bond donors (Lipinski definition) is 3. The van der Waals surface area contributed by atoms with Crippen molar-refractivity contribution < 1.29 is 9.53 Å². The van der Waals surface area contributed by atoms with Gasteiger partial charge in [0.1, 0.15) is 5.75 Å². The molecule has 6 nitrogen and oxygen atoms in total. The van der Waals surface area contributed by atoms with Gasteiger partial charge in [-0.2, -0.15) is 0 Å². The smallest absolute Gasteiger partial charge is 0.326 e. The maximum atomic E-state index is 11.6. The van der Waals surface area contributed by atoms with Gasteiger partial charge < -0.3 is 15.8 Å². The zero-order chi connectivity index (χ0) is 14.4. The number of amides is 2. The standard InChI is InChI=1S/C11H14Cl2N4O2/c1-3-19-6-4-7(12)9(8(13)5-6)16-11(18)17-10(14)15-2/h4-5H,3H2,1-2H3,(H4,14,15,16,17,18). The minimum absolute atomic E-state index is 0.0179. The number of anilines is 1. The van der Waals surface area contributed by atoms with E-state index >= 15 is 0 Å². The number of guanidine groups is 1. The molecule has 8 heteroatoms. The number of nitrogens with one attached hydrogen (secondary N) is 2. The summed E-state index contributed by atoms with van der Waals surface area (Å²) >= 11 is 12.0. The van der Waals surface area contributed by atoms with Crippen LogP contribution in [0.3, 0.4) is 0 Å². The molecule has 0 fully saturated rings. The molecule has 19 heavy (non-hydrogen) atoms. The van der Waals surface area contributed by atoms with Crippen molar-refractivity contribution in [1.29, 1.82) is 0 Å². The minimum Gasteiger partial charge on any atom is -0.494 e. The highest BCUT2D eigenvalue weighted by Gasteiger charge is 2.12. The molecule has 0 bridgehead atoms. The number of nitrogens with zero attached hydrogens (tertiary/aromatic N) is 1. The van der Waals surface area contributed by atoms with Crippen LogP contribution in [0.15, 0.2) is 17.1 Å². The van der Waals surface area contributed by atoms with Crippen molar-refractivity contribution >= 4 is 40.9 Å². The first-order valence-electron chi connectivity index (χ1n) is 5.40. The van der Waals surface area contributed by atoms with Crippen LogP contribution in [-0.4, -0.2) is 25.6 Å². The molecule has 1 aromatic rings. The lowest BCUT2D eigenvalue weighted by atomic mass is 10.3. The van der Waals surface area contributed by atoms with Gasteiger partial charge in [0.2, 0.25) is 0 Å². The lowest BCUT2D eigenvalue weighted by Gasteiger charge is -2.12. The molecule has 0 unspecified atom stereocenters. The molecule has 0 saturated heterocycles. The van der Waals surface area contributed by atoms with Crippen molar-refractivity contribution in [2.45, 2.75) is 6.92 Å². The number of urea groups is 1. The van der Waals surface area contributed by atoms with E-state index in [9.17, 15) is 4.79 Å². The second kappa shape index (κ2) is 7.06. The molecule has 104 valence electrons. The van der Waals surface area contributed by atoms with Crippen molar-refractivity contribution in [3.63, 3.8) is 0 Å². The van der Waals surface area contributed by atoms with Gasteiger partial charge >= 0.3 is 6.03 Å². The molecular weight excluding hydrogens is 291 g/mol. The average molecular weight is 305 g/mol. The summed E-state index contributed by atoms with van der Waals surface area (Å²) < 4.78 is 5.27. The highest BCUT2D eigenvalue weighted by atomic mass is 35.5. The summed E-state index contributed by atoms with van der Waals surface area (Å²) in [6.07, 6.45) is 0. The predicted octanol–water partition coefficient (Wildman–Crippen LogP) is 2.46. The van der Waals surface area contributed by atoms with Crippen LogP contribution in [0, 0.1) is 0 Å². The molecule has 0 spiro atoms. The van der Waals surface area contributed by atoms with Crippen molar-refractivity contribution in [3.05, 3.63) is 22.2 Å². The Kier molecular flexibility index (Phi) is 5.72. The predicted molar refractivity (Wildman–Crippen MR) is 77.3 cm³/mol. The number of carbonyl (C=O) groups is 1. The fourth-order valence-electron chi connectivity index (χ4n) is 1.24. The van der Waals surface area contributed by atoms with E-state index in [1.54, 1.807) is 12.1 Å². The number of nitrogens with two attached hydrogens (primary N) is 1. The number of benzene rings is 1. The van der Waals surface area contributed by atoms with Crippen LogP contribution in [0.1, 0.15) is 6.92 Å². The Hall–Kier alpha value is -1.66. The van der Waals surface area contributed by atoms with Gasteiger partial charge in [0.25, 0.3) is 0 Å². The molecule has 0 heterocycles. The third kappa shape index (κ3) is 4.50. The monoisotopic (exact) mass is 304 g/mol. The zero-order valence-corrected chi connectivity index (χ0v) is 12.0. The Morgan fingerprint density at radius 3 is 2.47 bits per heavy atom. The number of carbonyl (C=O) groups excluding carboxylic acids is 1. The fourth-order valence-corrected chi connectivity index (χ4v) is 1.80. The second-order valence-corrected chi connectivity index (χ2v) is 4.20. The van der Waals surface area contributed by atoms with Crippen LogP contribution >= 0.6 is 23.2 Å². The minimum atomic E-state index is -0.587. The SMILES string of the molecule is CCOc1cc(Cl)c(NC(=O)NC(N)=NC)c(Cl)c1. The lowest BCUT2D eigenvalue weighted by Crippen LogP contribution is -2.39. The van der Waals surface area contributed by atoms with Crippen LogP contribution in [-0.2, 0) is 0 Å². The molecule has 1 rings (SSSR count). The van der Waals surface area contributed by atoms with Crippen molar-refractivity contribution in [1.82, 2.24) is 5.32 Å². The third-order valence-corrected chi connectivity index (χ3v) is 2.64. The van der Waals surface area contributed by atoms with Crippen LogP contribution in [0.5, 0.6) is 5.75 Å². The first-order valence-corrected chi connectivity index (χ1v) is 6.15. The number of rotatable bonds is 3. The molecule has 4 N–H and O–H groups in total. The summed E-state index contributed by atoms with van der Waals surface area (Å²) in [7, 11) is 1.45. The summed E-state index contributed by atoms with van der Waals surface area (Å²) in [6, 6.07) is 2.53. The maximum Gasteiger partial charge on any atom is 0.326 e. The van der Waals surface area contributed by atoms with E-state index in [0.717, 1.165) is 0 Å². The van der Waals surface area contributed by atoms with Crippen molar-refractivity contribution in [2.75, 3.05) is 19.0 Å². The number of halogens is 2. The topological polar surface area (TPSA) is 88.7 Å². The van der Waals surface area contributed by atoms with Gasteiger partial charge in [0.15, 0.2) is 5.96 Å². The summed E-state index contributed by atoms with van der Waals surface area (Å²) in [6.45, 7) is 2.33. The Bertz CT molecular complexity index is 482. The Labute approximate surface area is 120 Å². The van der Waals surface area contributed by atoms with Gasteiger partial charge in [-0.3, -0.25) is 10.3 Å². The van der Waals surface area contributed by atoms with E-state index < -0.39 is 6.03 Å². The lowest BCUT2D eigenvalue weighted by molar-refractivity contribution is 0.256. The molecule has 0 aromatic heterocycles. The maximum absolute atomic E-state index is 11.6. The Balaban J connectivity index is 2.87. The average Bonchev–Trinajstić information content (AvgIpc) is 2.34. The highest BCUT2D eigenvalue weighted by molar-refractivity contribution is 6.40. The van der Waals surface area contributed by atoms with Crippen LogP contribution in [0.4, 0.5) is 10.5 Å². The van der Waals surface area contributed by atoms with E-state index in [1.165, 1.54) is 7.05 Å². The highest BCUT2D eigenvalue weighted by Crippen LogP contribution is 2.34. The molecule has 2 amide bonds. The number of hydrogen-bond acceptors (Lipinski definition) is 3. The normalized spacial score (nSPS) is 11.1. The Morgan fingerprint density at radius 1 is 1.42 bits per heavy atom. The van der Waals surface area contributed by atoms with Gasteiger partial charge in [0, 0.05) is 19.2 Å². The third-order valence-electron chi connectivity index (χ3n) is 2.05. The van der Waals surface area contributed by atoms with E-state index in [4.69, 9.17) is 33.7 Å². The molecule has 0 saturated carbocycles.